The molecule has 0 heterocycles. The van der Waals surface area contributed by atoms with Crippen LogP contribution in [0.2, 0.25) is 0 Å². The fraction of sp³-hybridized carbons (Fsp3) is 0.143. The molecule has 0 bridgehead atoms. The summed E-state index contributed by atoms with van der Waals surface area (Å²) in [6.07, 6.45) is 25.1. The molecule has 0 atom stereocenters. The Labute approximate surface area is 117 Å². The van der Waals surface area contributed by atoms with E-state index in [4.69, 9.17) is 0 Å². The number of hydrogen-bond acceptors (Lipinski definition) is 0. The average Bonchev–Trinajstić information content (AvgIpc) is 2.62. The second-order valence-corrected chi connectivity index (χ2v) is 3.20. The van der Waals surface area contributed by atoms with Gasteiger partial charge in [0.2, 0.25) is 0 Å². The molecule has 0 unspecified atom stereocenters. The zero-order valence-corrected chi connectivity index (χ0v) is 11.4. The van der Waals surface area contributed by atoms with E-state index in [0.717, 1.165) is 24.0 Å². The molecule has 0 aromatic carbocycles. The van der Waals surface area contributed by atoms with E-state index in [1.54, 1.807) is 0 Å². The Morgan fingerprint density at radius 1 is 0.733 bits per heavy atom. The molecule has 0 saturated carbocycles. The third-order valence-electron chi connectivity index (χ3n) is 2.12. The Bertz CT molecular complexity index is 338. The predicted molar refractivity (Wildman–Crippen MR) is 59.3 cm³/mol. The Morgan fingerprint density at radius 2 is 1.20 bits per heavy atom. The summed E-state index contributed by atoms with van der Waals surface area (Å²) in [6.45, 7) is 0. The molecule has 0 saturated heterocycles. The first-order valence-electron chi connectivity index (χ1n) is 4.87. The zero-order valence-electron chi connectivity index (χ0n) is 8.61. The first-order chi connectivity index (χ1) is 6.97. The van der Waals surface area contributed by atoms with Crippen molar-refractivity contribution in [3.63, 3.8) is 0 Å². The van der Waals surface area contributed by atoms with Gasteiger partial charge in [-0.1, -0.05) is 12.8 Å². The summed E-state index contributed by atoms with van der Waals surface area (Å²) in [4.78, 5) is 0. The van der Waals surface area contributed by atoms with Crippen molar-refractivity contribution in [3.8, 4) is 0 Å². The second-order valence-electron chi connectivity index (χ2n) is 3.20. The van der Waals surface area contributed by atoms with Crippen LogP contribution in [0.15, 0.2) is 59.8 Å². The number of allylic oxidation sites excluding steroid dienone is 12. The van der Waals surface area contributed by atoms with Crippen molar-refractivity contribution in [1.82, 2.24) is 0 Å². The van der Waals surface area contributed by atoms with Crippen molar-refractivity contribution in [3.05, 3.63) is 71.9 Å². The molecule has 0 fully saturated rings. The average molecular weight is 269 g/mol. The van der Waals surface area contributed by atoms with Crippen LogP contribution in [-0.4, -0.2) is 0 Å². The topological polar surface area (TPSA) is 0 Å². The molecule has 2 aliphatic rings. The molecule has 1 heteroatoms. The largest absolute Gasteiger partial charge is 0.226 e. The Morgan fingerprint density at radius 3 is 1.67 bits per heavy atom. The van der Waals surface area contributed by atoms with Crippen LogP contribution in [0, 0.1) is 12.2 Å². The summed E-state index contributed by atoms with van der Waals surface area (Å²) in [5, 5.41) is 0. The zero-order chi connectivity index (χ0) is 9.64. The van der Waals surface area contributed by atoms with Crippen LogP contribution in [0.3, 0.4) is 0 Å². The van der Waals surface area contributed by atoms with Gasteiger partial charge in [-0.05, 0) is 0 Å². The molecule has 0 nitrogen and oxygen atoms in total. The third kappa shape index (κ3) is 3.89. The van der Waals surface area contributed by atoms with Crippen LogP contribution < -0.4 is 0 Å². The van der Waals surface area contributed by atoms with Gasteiger partial charge in [-0.25, -0.2) is 11.1 Å². The fourth-order valence-electron chi connectivity index (χ4n) is 1.39. The normalized spacial score (nSPS) is 18.7. The quantitative estimate of drug-likeness (QED) is 0.639. The van der Waals surface area contributed by atoms with Gasteiger partial charge in [0.1, 0.15) is 0 Å². The molecular formula is C14H12Y-2. The first-order valence-corrected chi connectivity index (χ1v) is 4.87. The van der Waals surface area contributed by atoms with E-state index < -0.39 is 0 Å². The third-order valence-corrected chi connectivity index (χ3v) is 2.12. The standard InChI is InChI=1S/C14H12.Y/c1-2-6-10-13(9-5-1)14-11-7-3-4-8-12-14;/h1,3,5-8,10,12H,2,4H2;/q-2;. The van der Waals surface area contributed by atoms with Gasteiger partial charge in [0.15, 0.2) is 0 Å². The van der Waals surface area contributed by atoms with Crippen molar-refractivity contribution >= 4 is 0 Å². The van der Waals surface area contributed by atoms with Gasteiger partial charge in [0.05, 0.1) is 0 Å². The molecule has 2 rings (SSSR count). The maximum Gasteiger partial charge on any atom is 0 e. The first kappa shape index (κ1) is 12.6. The smallest absolute Gasteiger partial charge is 0 e. The summed E-state index contributed by atoms with van der Waals surface area (Å²) < 4.78 is 0. The minimum absolute atomic E-state index is 0. The number of hydrogen-bond donors (Lipinski definition) is 0. The van der Waals surface area contributed by atoms with Crippen LogP contribution in [0.1, 0.15) is 12.8 Å². The summed E-state index contributed by atoms with van der Waals surface area (Å²) in [6, 6.07) is 0. The second kappa shape index (κ2) is 6.92. The van der Waals surface area contributed by atoms with E-state index in [1.807, 2.05) is 12.2 Å². The molecule has 0 aliphatic heterocycles. The summed E-state index contributed by atoms with van der Waals surface area (Å²) in [5.74, 6) is 0. The van der Waals surface area contributed by atoms with Gasteiger partial charge in [-0.3, -0.25) is 0 Å². The molecule has 2 aliphatic carbocycles. The molecule has 0 spiro atoms. The van der Waals surface area contributed by atoms with Crippen molar-refractivity contribution in [2.24, 2.45) is 0 Å². The predicted octanol–water partition coefficient (Wildman–Crippen LogP) is 3.48. The fourth-order valence-corrected chi connectivity index (χ4v) is 1.39. The van der Waals surface area contributed by atoms with E-state index in [1.165, 1.54) is 0 Å². The minimum Gasteiger partial charge on any atom is -0.226 e. The van der Waals surface area contributed by atoms with E-state index in [-0.39, 0.29) is 32.7 Å². The molecule has 0 aromatic heterocycles. The molecule has 0 aromatic rings. The Hall–Kier alpha value is -0.456. The number of rotatable bonds is 1. The molecule has 0 amide bonds. The summed E-state index contributed by atoms with van der Waals surface area (Å²) in [5.41, 5.74) is 2.23. The Balaban J connectivity index is 0.00000112. The van der Waals surface area contributed by atoms with Gasteiger partial charge in [0, 0.05) is 32.7 Å². The van der Waals surface area contributed by atoms with Gasteiger partial charge < -0.3 is 0 Å². The van der Waals surface area contributed by atoms with Crippen LogP contribution in [0.5, 0.6) is 0 Å². The van der Waals surface area contributed by atoms with Gasteiger partial charge in [-0.15, -0.1) is 12.2 Å². The summed E-state index contributed by atoms with van der Waals surface area (Å²) in [7, 11) is 0. The molecular weight excluding hydrogens is 257 g/mol. The van der Waals surface area contributed by atoms with E-state index >= 15 is 0 Å². The van der Waals surface area contributed by atoms with Crippen molar-refractivity contribution in [1.29, 1.82) is 0 Å². The van der Waals surface area contributed by atoms with Crippen LogP contribution in [-0.2, 0) is 32.7 Å². The molecule has 73 valence electrons. The molecule has 15 heavy (non-hydrogen) atoms. The van der Waals surface area contributed by atoms with E-state index in [2.05, 4.69) is 48.6 Å². The maximum atomic E-state index is 3.24. The van der Waals surface area contributed by atoms with Gasteiger partial charge in [-0.2, -0.15) is 48.6 Å². The van der Waals surface area contributed by atoms with Crippen LogP contribution >= 0.6 is 0 Å². The monoisotopic (exact) mass is 269 g/mol. The van der Waals surface area contributed by atoms with Crippen molar-refractivity contribution < 1.29 is 32.7 Å². The van der Waals surface area contributed by atoms with Crippen molar-refractivity contribution in [2.45, 2.75) is 12.8 Å². The van der Waals surface area contributed by atoms with Crippen LogP contribution in [0.25, 0.3) is 0 Å². The summed E-state index contributed by atoms with van der Waals surface area (Å²) >= 11 is 0. The van der Waals surface area contributed by atoms with E-state index in [9.17, 15) is 0 Å². The van der Waals surface area contributed by atoms with E-state index in [0.29, 0.717) is 0 Å². The van der Waals surface area contributed by atoms with Crippen LogP contribution in [0.4, 0.5) is 0 Å². The van der Waals surface area contributed by atoms with Gasteiger partial charge in [0.25, 0.3) is 0 Å². The molecule has 0 N–H and O–H groups in total. The minimum atomic E-state index is 0. The molecule has 1 radical (unpaired) electrons. The Kier molecular flexibility index (Phi) is 5.82. The van der Waals surface area contributed by atoms with Crippen molar-refractivity contribution in [2.75, 3.05) is 0 Å². The maximum absolute atomic E-state index is 3.24. The van der Waals surface area contributed by atoms with Gasteiger partial charge >= 0.3 is 0 Å². The SMILES string of the molecule is [C-]1=C(C2=[C-]C=CCC=C2)C=CCC=C1.[Y].